The van der Waals surface area contributed by atoms with Crippen LogP contribution in [0.25, 0.3) is 33.7 Å². The topological polar surface area (TPSA) is 88.6 Å². The average Bonchev–Trinajstić information content (AvgIpc) is 3.28. The lowest BCUT2D eigenvalue weighted by Gasteiger charge is -2.07. The predicted molar refractivity (Wildman–Crippen MR) is 119 cm³/mol. The molecule has 2 heterocycles. The number of aromatic nitrogens is 4. The second-order valence-corrected chi connectivity index (χ2v) is 9.43. The van der Waals surface area contributed by atoms with E-state index < -0.39 is 21.6 Å². The molecule has 5 aromatic rings. The van der Waals surface area contributed by atoms with Gasteiger partial charge in [0, 0.05) is 17.3 Å². The first-order chi connectivity index (χ1) is 16.2. The summed E-state index contributed by atoms with van der Waals surface area (Å²) in [5.74, 6) is 0.268. The molecule has 0 unspecified atom stereocenters. The van der Waals surface area contributed by atoms with Crippen LogP contribution in [0.1, 0.15) is 5.56 Å². The number of halogens is 3. The Morgan fingerprint density at radius 2 is 1.59 bits per heavy atom. The van der Waals surface area contributed by atoms with E-state index in [1.54, 1.807) is 42.6 Å². The van der Waals surface area contributed by atoms with Crippen LogP contribution in [0.4, 0.5) is 13.2 Å². The number of hydrogen-bond donors (Lipinski definition) is 1. The first kappa shape index (κ1) is 21.8. The zero-order valence-corrected chi connectivity index (χ0v) is 18.1. The maximum absolute atomic E-state index is 13.2. The molecule has 0 amide bonds. The number of alkyl halides is 3. The van der Waals surface area contributed by atoms with Crippen LogP contribution in [0.5, 0.6) is 0 Å². The van der Waals surface area contributed by atoms with Gasteiger partial charge in [0.15, 0.2) is 0 Å². The first-order valence-electron chi connectivity index (χ1n) is 10.0. The molecule has 0 aliphatic rings. The molecule has 0 atom stereocenters. The summed E-state index contributed by atoms with van der Waals surface area (Å²) in [5.41, 5.74) is 1.53. The van der Waals surface area contributed by atoms with Crippen molar-refractivity contribution in [1.29, 1.82) is 0 Å². The fourth-order valence-corrected chi connectivity index (χ4v) is 4.84. The maximum atomic E-state index is 13.2. The molecule has 2 aromatic heterocycles. The molecule has 0 bridgehead atoms. The SMILES string of the molecule is O=S(=O)(c1ccc(-c2cccnn2)cc1)c1cccc(-c2nc3ccc(C(F)(F)F)cc3[nH]2)c1. The molecule has 1 N–H and O–H groups in total. The summed E-state index contributed by atoms with van der Waals surface area (Å²) in [6.07, 6.45) is -2.93. The summed E-state index contributed by atoms with van der Waals surface area (Å²) in [6.45, 7) is 0. The Kier molecular flexibility index (Phi) is 5.17. The van der Waals surface area contributed by atoms with E-state index in [0.29, 0.717) is 16.8 Å². The van der Waals surface area contributed by atoms with Crippen LogP contribution in [-0.4, -0.2) is 28.6 Å². The minimum Gasteiger partial charge on any atom is -0.338 e. The van der Waals surface area contributed by atoms with Crippen LogP contribution in [-0.2, 0) is 16.0 Å². The van der Waals surface area contributed by atoms with Gasteiger partial charge in [-0.15, -0.1) is 0 Å². The highest BCUT2D eigenvalue weighted by molar-refractivity contribution is 7.91. The molecular weight excluding hydrogens is 465 g/mol. The van der Waals surface area contributed by atoms with Crippen molar-refractivity contribution in [1.82, 2.24) is 20.2 Å². The number of aromatic amines is 1. The van der Waals surface area contributed by atoms with E-state index in [-0.39, 0.29) is 21.1 Å². The van der Waals surface area contributed by atoms with Crippen molar-refractivity contribution in [3.05, 3.63) is 90.6 Å². The number of imidazole rings is 1. The third-order valence-corrected chi connectivity index (χ3v) is 7.03. The largest absolute Gasteiger partial charge is 0.416 e. The van der Waals surface area contributed by atoms with Gasteiger partial charge in [0.25, 0.3) is 0 Å². The summed E-state index contributed by atoms with van der Waals surface area (Å²) < 4.78 is 65.4. The number of hydrogen-bond acceptors (Lipinski definition) is 5. The molecule has 0 spiro atoms. The van der Waals surface area contributed by atoms with Crippen LogP contribution in [0.2, 0.25) is 0 Å². The van der Waals surface area contributed by atoms with Crippen molar-refractivity contribution in [2.45, 2.75) is 16.0 Å². The van der Waals surface area contributed by atoms with Gasteiger partial charge in [0.1, 0.15) is 5.82 Å². The van der Waals surface area contributed by atoms with E-state index in [2.05, 4.69) is 20.2 Å². The Morgan fingerprint density at radius 1 is 0.794 bits per heavy atom. The summed E-state index contributed by atoms with van der Waals surface area (Å²) >= 11 is 0. The van der Waals surface area contributed by atoms with Gasteiger partial charge >= 0.3 is 6.18 Å². The van der Waals surface area contributed by atoms with Crippen molar-refractivity contribution in [2.24, 2.45) is 0 Å². The minimum atomic E-state index is -4.48. The zero-order chi connectivity index (χ0) is 23.9. The van der Waals surface area contributed by atoms with Crippen LogP contribution in [0.3, 0.4) is 0 Å². The van der Waals surface area contributed by atoms with Gasteiger partial charge in [-0.1, -0.05) is 24.3 Å². The molecule has 0 saturated heterocycles. The van der Waals surface area contributed by atoms with Crippen molar-refractivity contribution in [3.63, 3.8) is 0 Å². The Labute approximate surface area is 192 Å². The molecule has 170 valence electrons. The van der Waals surface area contributed by atoms with E-state index >= 15 is 0 Å². The lowest BCUT2D eigenvalue weighted by atomic mass is 10.1. The lowest BCUT2D eigenvalue weighted by Crippen LogP contribution is -2.04. The fraction of sp³-hybridized carbons (Fsp3) is 0.0417. The summed E-state index contributed by atoms with van der Waals surface area (Å²) in [7, 11) is -3.85. The molecule has 0 radical (unpaired) electrons. The summed E-state index contributed by atoms with van der Waals surface area (Å²) in [6, 6.07) is 19.1. The van der Waals surface area contributed by atoms with Gasteiger partial charge in [-0.05, 0) is 54.6 Å². The molecule has 0 fully saturated rings. The number of nitrogens with one attached hydrogen (secondary N) is 1. The highest BCUT2D eigenvalue weighted by Gasteiger charge is 2.30. The van der Waals surface area contributed by atoms with Gasteiger partial charge in [-0.2, -0.15) is 23.4 Å². The minimum absolute atomic E-state index is 0.0358. The third-order valence-electron chi connectivity index (χ3n) is 5.26. The number of benzene rings is 3. The number of nitrogens with zero attached hydrogens (tertiary/aromatic N) is 3. The molecular formula is C24H15F3N4O2S. The number of rotatable bonds is 4. The molecule has 0 aliphatic heterocycles. The van der Waals surface area contributed by atoms with Gasteiger partial charge in [0.05, 0.1) is 32.1 Å². The molecule has 5 rings (SSSR count). The Hall–Kier alpha value is -4.05. The van der Waals surface area contributed by atoms with E-state index in [1.165, 1.54) is 30.3 Å². The zero-order valence-electron chi connectivity index (χ0n) is 17.3. The Morgan fingerprint density at radius 3 is 2.29 bits per heavy atom. The van der Waals surface area contributed by atoms with Crippen LogP contribution in [0.15, 0.2) is 94.9 Å². The van der Waals surface area contributed by atoms with E-state index in [4.69, 9.17) is 0 Å². The monoisotopic (exact) mass is 480 g/mol. The highest BCUT2D eigenvalue weighted by atomic mass is 32.2. The van der Waals surface area contributed by atoms with Crippen molar-refractivity contribution in [2.75, 3.05) is 0 Å². The predicted octanol–water partition coefficient (Wildman–Crippen LogP) is 5.54. The van der Waals surface area contributed by atoms with Crippen LogP contribution >= 0.6 is 0 Å². The van der Waals surface area contributed by atoms with Gasteiger partial charge in [-0.25, -0.2) is 13.4 Å². The normalized spacial score (nSPS) is 12.2. The quantitative estimate of drug-likeness (QED) is 0.365. The highest BCUT2D eigenvalue weighted by Crippen LogP contribution is 2.32. The van der Waals surface area contributed by atoms with Gasteiger partial charge in [0.2, 0.25) is 9.84 Å². The van der Waals surface area contributed by atoms with Gasteiger partial charge < -0.3 is 4.98 Å². The van der Waals surface area contributed by atoms with E-state index in [0.717, 1.165) is 17.7 Å². The second kappa shape index (κ2) is 8.07. The number of H-pyrrole nitrogens is 1. The molecule has 34 heavy (non-hydrogen) atoms. The summed E-state index contributed by atoms with van der Waals surface area (Å²) in [5, 5.41) is 7.83. The van der Waals surface area contributed by atoms with Crippen LogP contribution < -0.4 is 0 Å². The fourth-order valence-electron chi connectivity index (χ4n) is 3.53. The van der Waals surface area contributed by atoms with E-state index in [9.17, 15) is 21.6 Å². The second-order valence-electron chi connectivity index (χ2n) is 7.48. The van der Waals surface area contributed by atoms with Crippen molar-refractivity contribution >= 4 is 20.9 Å². The van der Waals surface area contributed by atoms with Gasteiger partial charge in [-0.3, -0.25) is 0 Å². The third kappa shape index (κ3) is 4.03. The standard InChI is InChI=1S/C24H15F3N4O2S/c25-24(26,27)17-8-11-21-22(14-17)30-23(29-21)16-3-1-4-19(13-16)34(32,33)18-9-6-15(7-10-18)20-5-2-12-28-31-20/h1-14H,(H,29,30). The Balaban J connectivity index is 1.49. The molecule has 3 aromatic carbocycles. The number of fused-ring (bicyclic) bond motifs is 1. The van der Waals surface area contributed by atoms with Crippen LogP contribution in [0, 0.1) is 0 Å². The van der Waals surface area contributed by atoms with Crippen molar-refractivity contribution in [3.8, 4) is 22.6 Å². The Bertz CT molecular complexity index is 1600. The molecule has 0 saturated carbocycles. The molecule has 0 aliphatic carbocycles. The average molecular weight is 480 g/mol. The lowest BCUT2D eigenvalue weighted by molar-refractivity contribution is -0.137. The maximum Gasteiger partial charge on any atom is 0.416 e. The molecule has 6 nitrogen and oxygen atoms in total. The first-order valence-corrected chi connectivity index (χ1v) is 11.5. The smallest absolute Gasteiger partial charge is 0.338 e. The molecule has 10 heteroatoms. The summed E-state index contributed by atoms with van der Waals surface area (Å²) in [4.78, 5) is 7.30. The number of sulfone groups is 1. The van der Waals surface area contributed by atoms with Crippen molar-refractivity contribution < 1.29 is 21.6 Å². The van der Waals surface area contributed by atoms with E-state index in [1.807, 2.05) is 0 Å².